The third kappa shape index (κ3) is 7.20. The molecule has 0 saturated heterocycles. The van der Waals surface area contributed by atoms with Crippen LogP contribution in [0.5, 0.6) is 0 Å². The Labute approximate surface area is 137 Å². The average molecular weight is 373 g/mol. The lowest BCUT2D eigenvalue weighted by Crippen LogP contribution is -2.44. The van der Waals surface area contributed by atoms with Crippen molar-refractivity contribution < 1.29 is 32.3 Å². The number of hydrogen-bond donors (Lipinski definition) is 2. The van der Waals surface area contributed by atoms with Crippen LogP contribution >= 0.6 is 23.2 Å². The molecule has 0 aliphatic carbocycles. The van der Waals surface area contributed by atoms with Crippen LogP contribution in [-0.4, -0.2) is 37.2 Å². The van der Waals surface area contributed by atoms with Gasteiger partial charge >= 0.3 is 18.2 Å². The van der Waals surface area contributed by atoms with Crippen LogP contribution < -0.4 is 10.6 Å². The number of imide groups is 1. The van der Waals surface area contributed by atoms with E-state index in [1.54, 1.807) is 5.32 Å². The number of nitrogens with one attached hydrogen (secondary N) is 2. The van der Waals surface area contributed by atoms with Crippen molar-refractivity contribution in [3.05, 3.63) is 33.8 Å². The molecule has 11 heteroatoms. The Hall–Kier alpha value is -2.00. The van der Waals surface area contributed by atoms with E-state index in [1.807, 2.05) is 0 Å². The van der Waals surface area contributed by atoms with E-state index in [1.165, 1.54) is 23.5 Å². The molecular weight excluding hydrogens is 364 g/mol. The Morgan fingerprint density at radius 3 is 2.35 bits per heavy atom. The quantitative estimate of drug-likeness (QED) is 0.795. The summed E-state index contributed by atoms with van der Waals surface area (Å²) in [7, 11) is 0. The number of urea groups is 1. The maximum absolute atomic E-state index is 11.8. The smallest absolute Gasteiger partial charge is 0.405 e. The number of rotatable bonds is 4. The second-order valence-electron chi connectivity index (χ2n) is 4.05. The highest BCUT2D eigenvalue weighted by atomic mass is 35.5. The first-order valence-corrected chi connectivity index (χ1v) is 6.60. The first kappa shape index (κ1) is 19.0. The number of ether oxygens (including phenoxy) is 1. The Kier molecular flexibility index (Phi) is 6.64. The summed E-state index contributed by atoms with van der Waals surface area (Å²) in [5.74, 6) is -2.02. The lowest BCUT2D eigenvalue weighted by atomic mass is 10.2. The minimum Gasteiger partial charge on any atom is -0.452 e. The van der Waals surface area contributed by atoms with E-state index in [-0.39, 0.29) is 15.6 Å². The molecule has 1 aromatic carbocycles. The summed E-state index contributed by atoms with van der Waals surface area (Å²) >= 11 is 11.4. The van der Waals surface area contributed by atoms with Gasteiger partial charge < -0.3 is 10.1 Å². The van der Waals surface area contributed by atoms with E-state index in [0.717, 1.165) is 0 Å². The molecule has 0 aromatic heterocycles. The van der Waals surface area contributed by atoms with Crippen LogP contribution in [0.2, 0.25) is 10.0 Å². The molecule has 0 aliphatic heterocycles. The van der Waals surface area contributed by atoms with Crippen LogP contribution in [-0.2, 0) is 9.53 Å². The predicted molar refractivity (Wildman–Crippen MR) is 74.3 cm³/mol. The number of alkyl halides is 3. The summed E-state index contributed by atoms with van der Waals surface area (Å²) in [6, 6.07) is 2.48. The zero-order chi connectivity index (χ0) is 17.6. The fraction of sp³-hybridized carbons (Fsp3) is 0.250. The Balaban J connectivity index is 2.42. The molecule has 6 nitrogen and oxygen atoms in total. The highest BCUT2D eigenvalue weighted by molar-refractivity contribution is 6.42. The van der Waals surface area contributed by atoms with Crippen molar-refractivity contribution in [3.63, 3.8) is 0 Å². The number of carbonyl (C=O) groups is 3. The minimum atomic E-state index is -4.61. The minimum absolute atomic E-state index is 0.00808. The van der Waals surface area contributed by atoms with E-state index in [2.05, 4.69) is 4.74 Å². The second-order valence-corrected chi connectivity index (χ2v) is 4.87. The number of hydrogen-bond acceptors (Lipinski definition) is 4. The second kappa shape index (κ2) is 8.02. The Morgan fingerprint density at radius 1 is 1.13 bits per heavy atom. The summed E-state index contributed by atoms with van der Waals surface area (Å²) in [5.41, 5.74) is 0.00808. The molecule has 1 rings (SSSR count). The molecule has 126 valence electrons. The third-order valence-corrected chi connectivity index (χ3v) is 2.93. The molecule has 0 radical (unpaired) electrons. The van der Waals surface area contributed by atoms with Gasteiger partial charge in [0.1, 0.15) is 6.54 Å². The first-order valence-electron chi connectivity index (χ1n) is 5.85. The standard InChI is InChI=1S/C12H9Cl2F3N2O4/c13-7-2-1-6(3-8(7)14)10(21)23-4-9(20)19-11(22)18-5-12(15,16)17/h1-3H,4-5H2,(H2,18,19,20,22). The van der Waals surface area contributed by atoms with Crippen LogP contribution in [0.15, 0.2) is 18.2 Å². The van der Waals surface area contributed by atoms with E-state index in [4.69, 9.17) is 23.2 Å². The van der Waals surface area contributed by atoms with Crippen molar-refractivity contribution in [2.75, 3.05) is 13.2 Å². The Bertz CT molecular complexity index is 623. The fourth-order valence-electron chi connectivity index (χ4n) is 1.22. The number of esters is 1. The molecule has 0 heterocycles. The van der Waals surface area contributed by atoms with Gasteiger partial charge in [-0.05, 0) is 18.2 Å². The number of amides is 3. The first-order chi connectivity index (χ1) is 10.6. The lowest BCUT2D eigenvalue weighted by Gasteiger charge is -2.09. The van der Waals surface area contributed by atoms with Gasteiger partial charge in [-0.15, -0.1) is 0 Å². The van der Waals surface area contributed by atoms with Gasteiger partial charge in [-0.1, -0.05) is 23.2 Å². The van der Waals surface area contributed by atoms with Crippen LogP contribution in [0.3, 0.4) is 0 Å². The monoisotopic (exact) mass is 372 g/mol. The third-order valence-electron chi connectivity index (χ3n) is 2.19. The molecule has 0 unspecified atom stereocenters. The van der Waals surface area contributed by atoms with Gasteiger partial charge in [-0.3, -0.25) is 10.1 Å². The zero-order valence-electron chi connectivity index (χ0n) is 11.2. The van der Waals surface area contributed by atoms with Gasteiger partial charge in [-0.25, -0.2) is 9.59 Å². The van der Waals surface area contributed by atoms with E-state index in [0.29, 0.717) is 0 Å². The molecule has 0 fully saturated rings. The molecule has 0 aliphatic rings. The van der Waals surface area contributed by atoms with E-state index >= 15 is 0 Å². The van der Waals surface area contributed by atoms with Gasteiger partial charge in [0, 0.05) is 0 Å². The van der Waals surface area contributed by atoms with Gasteiger partial charge in [-0.2, -0.15) is 13.2 Å². The van der Waals surface area contributed by atoms with E-state index in [9.17, 15) is 27.6 Å². The van der Waals surface area contributed by atoms with Crippen LogP contribution in [0.25, 0.3) is 0 Å². The normalized spacial score (nSPS) is 10.8. The summed E-state index contributed by atoms with van der Waals surface area (Å²) < 4.78 is 40.1. The topological polar surface area (TPSA) is 84.5 Å². The number of carbonyl (C=O) groups excluding carboxylic acids is 3. The molecule has 2 N–H and O–H groups in total. The summed E-state index contributed by atoms with van der Waals surface area (Å²) in [6.45, 7) is -2.46. The van der Waals surface area contributed by atoms with Crippen molar-refractivity contribution in [1.29, 1.82) is 0 Å². The van der Waals surface area contributed by atoms with Crippen LogP contribution in [0.4, 0.5) is 18.0 Å². The van der Waals surface area contributed by atoms with Crippen molar-refractivity contribution in [2.45, 2.75) is 6.18 Å². The summed E-state index contributed by atoms with van der Waals surface area (Å²) in [5, 5.41) is 3.29. The molecule has 0 bridgehead atoms. The maximum atomic E-state index is 11.8. The summed E-state index contributed by atoms with van der Waals surface area (Å²) in [4.78, 5) is 33.8. The average Bonchev–Trinajstić information content (AvgIpc) is 2.45. The zero-order valence-corrected chi connectivity index (χ0v) is 12.7. The van der Waals surface area contributed by atoms with E-state index < -0.39 is 37.2 Å². The Morgan fingerprint density at radius 2 is 1.78 bits per heavy atom. The van der Waals surface area contributed by atoms with Gasteiger partial charge in [0.05, 0.1) is 15.6 Å². The number of halogens is 5. The fourth-order valence-corrected chi connectivity index (χ4v) is 1.52. The van der Waals surface area contributed by atoms with Gasteiger partial charge in [0.2, 0.25) is 0 Å². The van der Waals surface area contributed by atoms with Crippen molar-refractivity contribution in [3.8, 4) is 0 Å². The van der Waals surface area contributed by atoms with Crippen molar-refractivity contribution in [2.24, 2.45) is 0 Å². The van der Waals surface area contributed by atoms with Gasteiger partial charge in [0.25, 0.3) is 5.91 Å². The van der Waals surface area contributed by atoms with Crippen LogP contribution in [0, 0.1) is 0 Å². The van der Waals surface area contributed by atoms with Crippen LogP contribution in [0.1, 0.15) is 10.4 Å². The number of benzene rings is 1. The molecule has 0 saturated carbocycles. The molecule has 0 spiro atoms. The van der Waals surface area contributed by atoms with Crippen molar-refractivity contribution in [1.82, 2.24) is 10.6 Å². The highest BCUT2D eigenvalue weighted by Crippen LogP contribution is 2.22. The lowest BCUT2D eigenvalue weighted by molar-refractivity contribution is -0.125. The van der Waals surface area contributed by atoms with Gasteiger partial charge in [0.15, 0.2) is 6.61 Å². The SMILES string of the molecule is O=C(COC(=O)c1ccc(Cl)c(Cl)c1)NC(=O)NCC(F)(F)F. The molecule has 1 aromatic rings. The maximum Gasteiger partial charge on any atom is 0.405 e. The highest BCUT2D eigenvalue weighted by Gasteiger charge is 2.28. The molecule has 3 amide bonds. The van der Waals surface area contributed by atoms with Crippen molar-refractivity contribution >= 4 is 41.1 Å². The molecule has 23 heavy (non-hydrogen) atoms. The molecular formula is C12H9Cl2F3N2O4. The predicted octanol–water partition coefficient (Wildman–Crippen LogP) is 2.54. The largest absolute Gasteiger partial charge is 0.452 e. The molecule has 0 atom stereocenters. The summed E-state index contributed by atoms with van der Waals surface area (Å²) in [6.07, 6.45) is -4.61.